The summed E-state index contributed by atoms with van der Waals surface area (Å²) in [6.07, 6.45) is 3.52. The van der Waals surface area contributed by atoms with Crippen LogP contribution in [0, 0.1) is 0 Å². The second-order valence-corrected chi connectivity index (χ2v) is 3.98. The molecule has 0 radical (unpaired) electrons. The van der Waals surface area contributed by atoms with Crippen molar-refractivity contribution in [1.29, 1.82) is 0 Å². The highest BCUT2D eigenvalue weighted by Crippen LogP contribution is 2.21. The Balaban J connectivity index is 2.04. The van der Waals surface area contributed by atoms with Gasteiger partial charge in [0.15, 0.2) is 0 Å². The molecule has 1 fully saturated rings. The SMILES string of the molecule is NOCCc1cccc(N2CCCC2)c1. The fourth-order valence-corrected chi connectivity index (χ4v) is 2.06. The van der Waals surface area contributed by atoms with Gasteiger partial charge in [0.1, 0.15) is 0 Å². The quantitative estimate of drug-likeness (QED) is 0.762. The summed E-state index contributed by atoms with van der Waals surface area (Å²) in [5.41, 5.74) is 2.63. The van der Waals surface area contributed by atoms with E-state index in [-0.39, 0.29) is 0 Å². The lowest BCUT2D eigenvalue weighted by molar-refractivity contribution is 0.141. The summed E-state index contributed by atoms with van der Waals surface area (Å²) in [6, 6.07) is 8.65. The molecule has 0 spiro atoms. The van der Waals surface area contributed by atoms with E-state index in [9.17, 15) is 0 Å². The predicted molar refractivity (Wildman–Crippen MR) is 61.7 cm³/mol. The van der Waals surface area contributed by atoms with Gasteiger partial charge < -0.3 is 9.74 Å². The third kappa shape index (κ3) is 2.70. The largest absolute Gasteiger partial charge is 0.372 e. The molecule has 1 aromatic carbocycles. The lowest BCUT2D eigenvalue weighted by Crippen LogP contribution is -2.17. The van der Waals surface area contributed by atoms with Crippen molar-refractivity contribution in [3.63, 3.8) is 0 Å². The van der Waals surface area contributed by atoms with Crippen molar-refractivity contribution in [3.8, 4) is 0 Å². The lowest BCUT2D eigenvalue weighted by atomic mass is 10.1. The van der Waals surface area contributed by atoms with Gasteiger partial charge in [-0.25, -0.2) is 5.90 Å². The van der Waals surface area contributed by atoms with Gasteiger partial charge in [0, 0.05) is 18.8 Å². The molecule has 2 rings (SSSR count). The number of hydrogen-bond acceptors (Lipinski definition) is 3. The number of nitrogens with zero attached hydrogens (tertiary/aromatic N) is 1. The highest BCUT2D eigenvalue weighted by Gasteiger charge is 2.11. The first-order valence-electron chi connectivity index (χ1n) is 5.56. The monoisotopic (exact) mass is 206 g/mol. The normalized spacial score (nSPS) is 15.9. The molecule has 0 atom stereocenters. The van der Waals surface area contributed by atoms with Crippen LogP contribution >= 0.6 is 0 Å². The minimum absolute atomic E-state index is 0.587. The molecule has 82 valence electrons. The lowest BCUT2D eigenvalue weighted by Gasteiger charge is -2.18. The third-order valence-electron chi connectivity index (χ3n) is 2.89. The van der Waals surface area contributed by atoms with Gasteiger partial charge in [0.25, 0.3) is 0 Å². The van der Waals surface area contributed by atoms with Crippen molar-refractivity contribution >= 4 is 5.69 Å². The van der Waals surface area contributed by atoms with Crippen LogP contribution in [0.2, 0.25) is 0 Å². The molecule has 0 unspecified atom stereocenters. The second kappa shape index (κ2) is 5.14. The van der Waals surface area contributed by atoms with Crippen LogP contribution in [-0.2, 0) is 11.3 Å². The smallest absolute Gasteiger partial charge is 0.0719 e. The Morgan fingerprint density at radius 1 is 1.27 bits per heavy atom. The highest BCUT2D eigenvalue weighted by atomic mass is 16.6. The number of rotatable bonds is 4. The maximum absolute atomic E-state index is 5.03. The number of nitrogens with two attached hydrogens (primary N) is 1. The third-order valence-corrected chi connectivity index (χ3v) is 2.89. The first-order chi connectivity index (χ1) is 7.40. The molecular formula is C12H18N2O. The maximum atomic E-state index is 5.03. The van der Waals surface area contributed by atoms with Crippen molar-refractivity contribution in [3.05, 3.63) is 29.8 Å². The Morgan fingerprint density at radius 3 is 2.80 bits per heavy atom. The van der Waals surface area contributed by atoms with E-state index in [1.165, 1.54) is 37.2 Å². The Kier molecular flexibility index (Phi) is 3.59. The van der Waals surface area contributed by atoms with E-state index in [1.807, 2.05) is 0 Å². The predicted octanol–water partition coefficient (Wildman–Crippen LogP) is 1.72. The second-order valence-electron chi connectivity index (χ2n) is 3.98. The zero-order valence-electron chi connectivity index (χ0n) is 8.98. The van der Waals surface area contributed by atoms with E-state index in [0.717, 1.165) is 6.42 Å². The molecule has 0 bridgehead atoms. The van der Waals surface area contributed by atoms with Crippen LogP contribution in [0.4, 0.5) is 5.69 Å². The topological polar surface area (TPSA) is 38.5 Å². The Hall–Kier alpha value is -1.06. The molecule has 3 heteroatoms. The van der Waals surface area contributed by atoms with Crippen LogP contribution in [0.5, 0.6) is 0 Å². The van der Waals surface area contributed by atoms with Crippen LogP contribution in [0.15, 0.2) is 24.3 Å². The molecule has 2 N–H and O–H groups in total. The molecule has 0 amide bonds. The molecule has 1 aromatic rings. The number of benzene rings is 1. The molecule has 1 saturated heterocycles. The molecule has 0 aromatic heterocycles. The Bertz CT molecular complexity index is 308. The van der Waals surface area contributed by atoms with Crippen molar-refractivity contribution in [2.24, 2.45) is 5.90 Å². The van der Waals surface area contributed by atoms with E-state index in [0.29, 0.717) is 6.61 Å². The van der Waals surface area contributed by atoms with E-state index in [4.69, 9.17) is 5.90 Å². The average Bonchev–Trinajstić information content (AvgIpc) is 2.80. The summed E-state index contributed by atoms with van der Waals surface area (Å²) in [5, 5.41) is 0. The molecule has 1 aliphatic rings. The minimum Gasteiger partial charge on any atom is -0.372 e. The first kappa shape index (κ1) is 10.5. The molecule has 15 heavy (non-hydrogen) atoms. The van der Waals surface area contributed by atoms with E-state index < -0.39 is 0 Å². The van der Waals surface area contributed by atoms with Crippen LogP contribution in [0.25, 0.3) is 0 Å². The van der Waals surface area contributed by atoms with Crippen molar-refractivity contribution in [2.75, 3.05) is 24.6 Å². The molecule has 0 aliphatic carbocycles. The van der Waals surface area contributed by atoms with E-state index >= 15 is 0 Å². The minimum atomic E-state index is 0.587. The Morgan fingerprint density at radius 2 is 2.07 bits per heavy atom. The standard InChI is InChI=1S/C12H18N2O/c13-15-9-6-11-4-3-5-12(10-11)14-7-1-2-8-14/h3-5,10H,1-2,6-9,13H2. The summed E-state index contributed by atoms with van der Waals surface area (Å²) in [4.78, 5) is 7.03. The first-order valence-corrected chi connectivity index (χ1v) is 5.56. The van der Waals surface area contributed by atoms with Gasteiger partial charge in [-0.2, -0.15) is 0 Å². The van der Waals surface area contributed by atoms with Crippen molar-refractivity contribution in [2.45, 2.75) is 19.3 Å². The zero-order valence-corrected chi connectivity index (χ0v) is 8.98. The zero-order chi connectivity index (χ0) is 10.5. The molecule has 0 saturated carbocycles. The van der Waals surface area contributed by atoms with Gasteiger partial charge in [-0.05, 0) is 37.0 Å². The van der Waals surface area contributed by atoms with Crippen LogP contribution in [-0.4, -0.2) is 19.7 Å². The van der Waals surface area contributed by atoms with Crippen LogP contribution < -0.4 is 10.8 Å². The fourth-order valence-electron chi connectivity index (χ4n) is 2.06. The summed E-state index contributed by atoms with van der Waals surface area (Å²) in [5.74, 6) is 5.03. The van der Waals surface area contributed by atoms with Gasteiger partial charge in [0.05, 0.1) is 6.61 Å². The number of anilines is 1. The summed E-state index contributed by atoms with van der Waals surface area (Å²) >= 11 is 0. The Labute approximate surface area is 90.8 Å². The van der Waals surface area contributed by atoms with E-state index in [1.54, 1.807) is 0 Å². The fraction of sp³-hybridized carbons (Fsp3) is 0.500. The van der Waals surface area contributed by atoms with Gasteiger partial charge >= 0.3 is 0 Å². The molecule has 1 aliphatic heterocycles. The summed E-state index contributed by atoms with van der Waals surface area (Å²) in [7, 11) is 0. The molecule has 1 heterocycles. The maximum Gasteiger partial charge on any atom is 0.0719 e. The molecular weight excluding hydrogens is 188 g/mol. The summed E-state index contributed by atoms with van der Waals surface area (Å²) < 4.78 is 0. The van der Waals surface area contributed by atoms with Gasteiger partial charge in [0.2, 0.25) is 0 Å². The van der Waals surface area contributed by atoms with Gasteiger partial charge in [-0.15, -0.1) is 0 Å². The van der Waals surface area contributed by atoms with Gasteiger partial charge in [-0.1, -0.05) is 12.1 Å². The summed E-state index contributed by atoms with van der Waals surface area (Å²) in [6.45, 7) is 2.97. The molecule has 3 nitrogen and oxygen atoms in total. The van der Waals surface area contributed by atoms with Crippen LogP contribution in [0.1, 0.15) is 18.4 Å². The average molecular weight is 206 g/mol. The van der Waals surface area contributed by atoms with E-state index in [2.05, 4.69) is 34.0 Å². The van der Waals surface area contributed by atoms with Crippen molar-refractivity contribution in [1.82, 2.24) is 0 Å². The number of hydrogen-bond donors (Lipinski definition) is 1. The highest BCUT2D eigenvalue weighted by molar-refractivity contribution is 5.49. The van der Waals surface area contributed by atoms with Gasteiger partial charge in [-0.3, -0.25) is 0 Å². The van der Waals surface area contributed by atoms with Crippen LogP contribution in [0.3, 0.4) is 0 Å². The van der Waals surface area contributed by atoms with Crippen molar-refractivity contribution < 1.29 is 4.84 Å².